The van der Waals surface area contributed by atoms with Gasteiger partial charge in [-0.25, -0.2) is 4.98 Å². The lowest BCUT2D eigenvalue weighted by atomic mass is 10.1. The Kier molecular flexibility index (Phi) is 4.27. The number of carbonyl (C=O) groups is 1. The second-order valence-corrected chi connectivity index (χ2v) is 7.54. The zero-order valence-corrected chi connectivity index (χ0v) is 14.0. The van der Waals surface area contributed by atoms with E-state index in [1.165, 1.54) is 13.3 Å². The highest BCUT2D eigenvalue weighted by Gasteiger charge is 2.21. The van der Waals surface area contributed by atoms with E-state index in [1.54, 1.807) is 24.4 Å². The van der Waals surface area contributed by atoms with Crippen molar-refractivity contribution in [2.24, 2.45) is 0 Å². The summed E-state index contributed by atoms with van der Waals surface area (Å²) >= 11 is 0.769. The van der Waals surface area contributed by atoms with Crippen LogP contribution in [0.25, 0.3) is 11.3 Å². The van der Waals surface area contributed by atoms with Crippen LogP contribution in [0.2, 0.25) is 0 Å². The molecule has 2 aromatic heterocycles. The summed E-state index contributed by atoms with van der Waals surface area (Å²) in [7, 11) is -3.90. The second kappa shape index (κ2) is 6.37. The predicted molar refractivity (Wildman–Crippen MR) is 89.0 cm³/mol. The minimum absolute atomic E-state index is 0.120. The fourth-order valence-corrected chi connectivity index (χ4v) is 3.88. The highest BCUT2D eigenvalue weighted by atomic mass is 32.2. The molecule has 9 nitrogen and oxygen atoms in total. The van der Waals surface area contributed by atoms with E-state index in [4.69, 9.17) is 0 Å². The number of hydrogen-bond donors (Lipinski definition) is 3. The molecule has 1 amide bonds. The van der Waals surface area contributed by atoms with E-state index in [1.807, 2.05) is 6.07 Å². The van der Waals surface area contributed by atoms with Crippen molar-refractivity contribution in [1.29, 1.82) is 0 Å². The number of benzene rings is 1. The van der Waals surface area contributed by atoms with Crippen LogP contribution in [0.4, 0.5) is 10.8 Å². The van der Waals surface area contributed by atoms with Gasteiger partial charge in [0.15, 0.2) is 0 Å². The van der Waals surface area contributed by atoms with Crippen LogP contribution in [0.3, 0.4) is 0 Å². The number of imidazole rings is 1. The van der Waals surface area contributed by atoms with E-state index < -0.39 is 10.0 Å². The van der Waals surface area contributed by atoms with E-state index in [2.05, 4.69) is 30.2 Å². The Labute approximate surface area is 141 Å². The maximum absolute atomic E-state index is 12.4. The van der Waals surface area contributed by atoms with Gasteiger partial charge in [-0.05, 0) is 12.1 Å². The molecular weight excluding hydrogens is 352 g/mol. The van der Waals surface area contributed by atoms with Gasteiger partial charge in [0.25, 0.3) is 14.4 Å². The van der Waals surface area contributed by atoms with Crippen LogP contribution < -0.4 is 10.0 Å². The Morgan fingerprint density at radius 3 is 2.83 bits per heavy atom. The fourth-order valence-electron chi connectivity index (χ4n) is 1.88. The molecule has 2 heterocycles. The molecule has 0 aliphatic heterocycles. The maximum atomic E-state index is 12.4. The van der Waals surface area contributed by atoms with Crippen molar-refractivity contribution in [2.45, 2.75) is 11.3 Å². The molecule has 3 aromatic rings. The van der Waals surface area contributed by atoms with Gasteiger partial charge in [0.1, 0.15) is 0 Å². The average Bonchev–Trinajstić information content (AvgIpc) is 3.17. The highest BCUT2D eigenvalue weighted by Crippen LogP contribution is 2.25. The molecule has 0 spiro atoms. The number of H-pyrrole nitrogens is 1. The number of rotatable bonds is 5. The monoisotopic (exact) mass is 364 g/mol. The van der Waals surface area contributed by atoms with Crippen LogP contribution in [0.5, 0.6) is 0 Å². The molecule has 0 bridgehead atoms. The molecule has 0 radical (unpaired) electrons. The van der Waals surface area contributed by atoms with Gasteiger partial charge in [-0.15, -0.1) is 10.2 Å². The summed E-state index contributed by atoms with van der Waals surface area (Å²) in [6, 6.07) is 6.83. The van der Waals surface area contributed by atoms with E-state index in [0.29, 0.717) is 5.69 Å². The van der Waals surface area contributed by atoms with Crippen molar-refractivity contribution in [3.05, 3.63) is 36.8 Å². The lowest BCUT2D eigenvalue weighted by molar-refractivity contribution is -0.114. The third kappa shape index (κ3) is 3.58. The fraction of sp³-hybridized carbons (Fsp3) is 0.0769. The molecule has 0 aliphatic carbocycles. The minimum atomic E-state index is -3.90. The van der Waals surface area contributed by atoms with Crippen LogP contribution in [0.1, 0.15) is 6.92 Å². The number of anilines is 2. The normalized spacial score (nSPS) is 11.2. The molecule has 3 rings (SSSR count). The smallest absolute Gasteiger partial charge is 0.291 e. The summed E-state index contributed by atoms with van der Waals surface area (Å²) in [6.45, 7) is 1.30. The molecule has 0 aliphatic rings. The number of aromatic amines is 1. The standard InChI is InChI=1S/C13H12N6O3S2/c1-8(20)16-12-17-18-13(23-12)24(21,22)19-10-4-2-3-9(5-10)11-6-14-7-15-11/h2-7,19H,1H3,(H,14,15)(H,16,17,20). The number of nitrogens with one attached hydrogen (secondary N) is 3. The Hall–Kier alpha value is -2.79. The van der Waals surface area contributed by atoms with Crippen LogP contribution in [0, 0.1) is 0 Å². The zero-order chi connectivity index (χ0) is 17.2. The van der Waals surface area contributed by atoms with Crippen molar-refractivity contribution in [3.63, 3.8) is 0 Å². The minimum Gasteiger partial charge on any atom is -0.345 e. The number of hydrogen-bond acceptors (Lipinski definition) is 7. The molecule has 24 heavy (non-hydrogen) atoms. The van der Waals surface area contributed by atoms with Crippen LogP contribution in [-0.2, 0) is 14.8 Å². The van der Waals surface area contributed by atoms with E-state index in [-0.39, 0.29) is 15.4 Å². The molecule has 0 atom stereocenters. The molecule has 0 saturated carbocycles. The number of amides is 1. The number of aromatic nitrogens is 4. The zero-order valence-electron chi connectivity index (χ0n) is 12.3. The molecule has 3 N–H and O–H groups in total. The third-order valence-electron chi connectivity index (χ3n) is 2.84. The maximum Gasteiger partial charge on any atom is 0.291 e. The highest BCUT2D eigenvalue weighted by molar-refractivity contribution is 7.94. The molecular formula is C13H12N6O3S2. The first-order valence-electron chi connectivity index (χ1n) is 6.67. The first kappa shape index (κ1) is 16.1. The second-order valence-electron chi connectivity index (χ2n) is 4.71. The van der Waals surface area contributed by atoms with Gasteiger partial charge in [0.2, 0.25) is 11.0 Å². The first-order valence-corrected chi connectivity index (χ1v) is 8.97. The Bertz CT molecular complexity index is 965. The van der Waals surface area contributed by atoms with Crippen LogP contribution in [0.15, 0.2) is 41.1 Å². The van der Waals surface area contributed by atoms with Crippen molar-refractivity contribution in [3.8, 4) is 11.3 Å². The molecule has 1 aromatic carbocycles. The summed E-state index contributed by atoms with van der Waals surface area (Å²) in [5.74, 6) is -0.352. The summed E-state index contributed by atoms with van der Waals surface area (Å²) in [5, 5.41) is 9.73. The lowest BCUT2D eigenvalue weighted by Gasteiger charge is -2.06. The van der Waals surface area contributed by atoms with Gasteiger partial charge in [-0.1, -0.05) is 23.5 Å². The van der Waals surface area contributed by atoms with Crippen LogP contribution >= 0.6 is 11.3 Å². The van der Waals surface area contributed by atoms with Gasteiger partial charge in [0, 0.05) is 18.2 Å². The van der Waals surface area contributed by atoms with Gasteiger partial charge < -0.3 is 10.3 Å². The average molecular weight is 364 g/mol. The molecule has 124 valence electrons. The number of nitrogens with zero attached hydrogens (tertiary/aromatic N) is 3. The first-order chi connectivity index (χ1) is 11.4. The van der Waals surface area contributed by atoms with E-state index in [0.717, 1.165) is 22.6 Å². The summed E-state index contributed by atoms with van der Waals surface area (Å²) < 4.78 is 26.9. The van der Waals surface area contributed by atoms with Gasteiger partial charge in [-0.2, -0.15) is 8.42 Å². The van der Waals surface area contributed by atoms with Crippen LogP contribution in [-0.4, -0.2) is 34.5 Å². The molecule has 0 saturated heterocycles. The summed E-state index contributed by atoms with van der Waals surface area (Å²) in [5.41, 5.74) is 1.92. The third-order valence-corrected chi connectivity index (χ3v) is 5.43. The topological polar surface area (TPSA) is 130 Å². The van der Waals surface area contributed by atoms with Crippen molar-refractivity contribution in [1.82, 2.24) is 20.2 Å². The Balaban J connectivity index is 1.83. The quantitative estimate of drug-likeness (QED) is 0.591. The number of carbonyl (C=O) groups excluding carboxylic acids is 1. The van der Waals surface area contributed by atoms with Gasteiger partial charge in [0.05, 0.1) is 18.2 Å². The van der Waals surface area contributed by atoms with Crippen molar-refractivity contribution < 1.29 is 13.2 Å². The largest absolute Gasteiger partial charge is 0.345 e. The molecule has 11 heteroatoms. The van der Waals surface area contributed by atoms with Gasteiger partial charge in [-0.3, -0.25) is 9.52 Å². The SMILES string of the molecule is CC(=O)Nc1nnc(S(=O)(=O)Nc2cccc(-c3cnc[nH]3)c2)s1. The van der Waals surface area contributed by atoms with E-state index in [9.17, 15) is 13.2 Å². The Morgan fingerprint density at radius 2 is 2.12 bits per heavy atom. The predicted octanol–water partition coefficient (Wildman–Crippen LogP) is 1.69. The summed E-state index contributed by atoms with van der Waals surface area (Å²) in [4.78, 5) is 17.8. The molecule has 0 unspecified atom stereocenters. The van der Waals surface area contributed by atoms with Gasteiger partial charge >= 0.3 is 0 Å². The Morgan fingerprint density at radius 1 is 1.29 bits per heavy atom. The number of sulfonamides is 1. The van der Waals surface area contributed by atoms with E-state index >= 15 is 0 Å². The molecule has 0 fully saturated rings. The van der Waals surface area contributed by atoms with Crippen molar-refractivity contribution >= 4 is 38.1 Å². The van der Waals surface area contributed by atoms with Crippen molar-refractivity contribution in [2.75, 3.05) is 10.0 Å². The lowest BCUT2D eigenvalue weighted by Crippen LogP contribution is -2.12. The summed E-state index contributed by atoms with van der Waals surface area (Å²) in [6.07, 6.45) is 3.18.